The highest BCUT2D eigenvalue weighted by atomic mass is 79.9. The molecular weight excluding hydrogens is 568 g/mol. The van der Waals surface area contributed by atoms with Gasteiger partial charge in [0, 0.05) is 34.7 Å². The second-order valence-corrected chi connectivity index (χ2v) is 10.6. The number of hydrogen-bond acceptors (Lipinski definition) is 2. The Hall–Kier alpha value is -2.64. The third-order valence-corrected chi connectivity index (χ3v) is 8.48. The van der Waals surface area contributed by atoms with Crippen molar-refractivity contribution in [3.05, 3.63) is 94.7 Å². The normalized spacial score (nSPS) is 20.6. The van der Waals surface area contributed by atoms with Gasteiger partial charge in [-0.3, -0.25) is 4.79 Å². The first-order valence-electron chi connectivity index (χ1n) is 11.8. The molecule has 2 aliphatic heterocycles. The first kappa shape index (κ1) is 24.1. The van der Waals surface area contributed by atoms with E-state index in [1.54, 1.807) is 0 Å². The van der Waals surface area contributed by atoms with Crippen LogP contribution in [0.2, 0.25) is 0 Å². The van der Waals surface area contributed by atoms with Gasteiger partial charge in [0.2, 0.25) is 6.33 Å². The molecule has 4 aromatic rings. The monoisotopic (exact) mass is 594 g/mol. The van der Waals surface area contributed by atoms with Gasteiger partial charge in [-0.2, -0.15) is 0 Å². The van der Waals surface area contributed by atoms with Crippen molar-refractivity contribution in [1.29, 1.82) is 0 Å². The summed E-state index contributed by atoms with van der Waals surface area (Å²) < 4.78 is 5.43. The van der Waals surface area contributed by atoms with Gasteiger partial charge >= 0.3 is 0 Å². The molecule has 6 rings (SSSR count). The largest absolute Gasteiger partial charge is 1.00 e. The molecule has 1 amide bonds. The summed E-state index contributed by atoms with van der Waals surface area (Å²) in [4.78, 5) is 18.1. The molecule has 2 aliphatic rings. The van der Waals surface area contributed by atoms with Crippen LogP contribution in [-0.2, 0) is 23.3 Å². The number of anilines is 1. The lowest BCUT2D eigenvalue weighted by Gasteiger charge is -2.34. The lowest BCUT2D eigenvalue weighted by molar-refractivity contribution is -0.663. The van der Waals surface area contributed by atoms with Gasteiger partial charge in [0.1, 0.15) is 12.7 Å². The van der Waals surface area contributed by atoms with Gasteiger partial charge in [0.15, 0.2) is 17.6 Å². The molecule has 0 saturated carbocycles. The number of rotatable bonds is 4. The van der Waals surface area contributed by atoms with Crippen LogP contribution in [-0.4, -0.2) is 35.1 Å². The number of carbonyl (C=O) groups excluding carboxylic acids is 1. The summed E-state index contributed by atoms with van der Waals surface area (Å²) in [6.45, 7) is 4.17. The van der Waals surface area contributed by atoms with E-state index in [-0.39, 0.29) is 34.5 Å². The van der Waals surface area contributed by atoms with E-state index < -0.39 is 0 Å². The maximum Gasteiger partial charge on any atom is 0.266 e. The number of benzene rings is 3. The van der Waals surface area contributed by atoms with Gasteiger partial charge < -0.3 is 26.8 Å². The molecular formula is C28H28Br2N4O. The lowest BCUT2D eigenvalue weighted by atomic mass is 9.81. The van der Waals surface area contributed by atoms with E-state index >= 15 is 0 Å². The molecule has 1 saturated heterocycles. The van der Waals surface area contributed by atoms with E-state index in [2.05, 4.69) is 116 Å². The number of halogens is 2. The highest BCUT2D eigenvalue weighted by Crippen LogP contribution is 2.51. The number of likely N-dealkylation sites (tertiary alicyclic amines) is 1. The van der Waals surface area contributed by atoms with Crippen LogP contribution in [0.15, 0.2) is 83.6 Å². The Kier molecular flexibility index (Phi) is 6.26. The summed E-state index contributed by atoms with van der Waals surface area (Å²) in [5, 5.41) is 0. The van der Waals surface area contributed by atoms with Crippen LogP contribution in [0.3, 0.4) is 0 Å². The highest BCUT2D eigenvalue weighted by molar-refractivity contribution is 9.10. The molecule has 1 fully saturated rings. The van der Waals surface area contributed by atoms with E-state index in [4.69, 9.17) is 0 Å². The Morgan fingerprint density at radius 1 is 1.06 bits per heavy atom. The molecule has 1 aromatic heterocycles. The quantitative estimate of drug-likeness (QED) is 0.337. The Morgan fingerprint density at radius 3 is 2.60 bits per heavy atom. The molecule has 7 heteroatoms. The van der Waals surface area contributed by atoms with E-state index in [1.165, 1.54) is 16.8 Å². The Balaban J connectivity index is 0.00000253. The number of para-hydroxylation sites is 3. The van der Waals surface area contributed by atoms with Crippen LogP contribution in [0.4, 0.5) is 5.69 Å². The van der Waals surface area contributed by atoms with Crippen molar-refractivity contribution in [3.8, 4) is 0 Å². The number of hydrogen-bond donors (Lipinski definition) is 0. The maximum absolute atomic E-state index is 13.7. The minimum atomic E-state index is -0.0285. The average molecular weight is 596 g/mol. The minimum Gasteiger partial charge on any atom is -1.00 e. The van der Waals surface area contributed by atoms with E-state index in [0.717, 1.165) is 35.0 Å². The van der Waals surface area contributed by atoms with Gasteiger partial charge in [-0.1, -0.05) is 71.4 Å². The fourth-order valence-electron chi connectivity index (χ4n) is 6.06. The molecule has 35 heavy (non-hydrogen) atoms. The summed E-state index contributed by atoms with van der Waals surface area (Å²) in [5.74, 6) is 0.169. The zero-order valence-electron chi connectivity index (χ0n) is 19.9. The summed E-state index contributed by atoms with van der Waals surface area (Å²) >= 11 is 3.67. The smallest absolute Gasteiger partial charge is 0.266 e. The summed E-state index contributed by atoms with van der Waals surface area (Å²) in [6.07, 6.45) is 3.13. The molecule has 0 bridgehead atoms. The van der Waals surface area contributed by atoms with Crippen molar-refractivity contribution >= 4 is 38.6 Å². The number of fused-ring (bicyclic) bond motifs is 4. The van der Waals surface area contributed by atoms with Crippen molar-refractivity contribution in [3.63, 3.8) is 0 Å². The van der Waals surface area contributed by atoms with Gasteiger partial charge in [-0.15, -0.1) is 0 Å². The number of amides is 1. The average Bonchev–Trinajstić information content (AvgIpc) is 3.45. The first-order valence-corrected chi connectivity index (χ1v) is 12.6. The van der Waals surface area contributed by atoms with Gasteiger partial charge in [-0.25, -0.2) is 9.13 Å². The lowest BCUT2D eigenvalue weighted by Crippen LogP contribution is -3.00. The Bertz CT molecular complexity index is 1420. The van der Waals surface area contributed by atoms with E-state index in [9.17, 15) is 4.79 Å². The fraction of sp³-hybridized carbons (Fsp3) is 0.286. The SMILES string of the molecule is CN1c2ccccc2C2(C)CCN(C(=O)Cn3c[n+](Cc4ccccc4Br)c4ccccc43)C12.[Br-]. The van der Waals surface area contributed by atoms with Crippen LogP contribution >= 0.6 is 15.9 Å². The predicted molar refractivity (Wildman–Crippen MR) is 138 cm³/mol. The van der Waals surface area contributed by atoms with Crippen molar-refractivity contribution in [2.24, 2.45) is 0 Å². The van der Waals surface area contributed by atoms with Crippen LogP contribution < -0.4 is 26.4 Å². The topological polar surface area (TPSA) is 32.4 Å². The number of imidazole rings is 1. The predicted octanol–water partition coefficient (Wildman–Crippen LogP) is 1.71. The Morgan fingerprint density at radius 2 is 1.77 bits per heavy atom. The van der Waals surface area contributed by atoms with Crippen LogP contribution in [0.5, 0.6) is 0 Å². The second-order valence-electron chi connectivity index (χ2n) is 9.71. The summed E-state index contributed by atoms with van der Waals surface area (Å²) in [7, 11) is 2.12. The number of nitrogens with zero attached hydrogens (tertiary/aromatic N) is 4. The molecule has 180 valence electrons. The van der Waals surface area contributed by atoms with Crippen molar-refractivity contribution in [2.75, 3.05) is 18.5 Å². The van der Waals surface area contributed by atoms with Gasteiger partial charge in [0.05, 0.1) is 0 Å². The summed E-state index contributed by atoms with van der Waals surface area (Å²) in [6, 6.07) is 25.2. The molecule has 2 unspecified atom stereocenters. The second kappa shape index (κ2) is 9.10. The molecule has 0 radical (unpaired) electrons. The third kappa shape index (κ3) is 3.80. The molecule has 2 atom stereocenters. The van der Waals surface area contributed by atoms with E-state index in [0.29, 0.717) is 6.54 Å². The Labute approximate surface area is 224 Å². The van der Waals surface area contributed by atoms with Crippen molar-refractivity contribution in [1.82, 2.24) is 9.47 Å². The molecule has 5 nitrogen and oxygen atoms in total. The van der Waals surface area contributed by atoms with Crippen LogP contribution in [0.1, 0.15) is 24.5 Å². The minimum absolute atomic E-state index is 0. The fourth-order valence-corrected chi connectivity index (χ4v) is 6.47. The molecule has 0 N–H and O–H groups in total. The highest BCUT2D eigenvalue weighted by Gasteiger charge is 2.54. The molecule has 3 heterocycles. The molecule has 0 spiro atoms. The standard InChI is InChI=1S/C28H28BrN4O.BrH/c1-28-15-16-33(27(28)30(2)23-12-6-4-10-21(23)28)26(34)18-32-19-31(24-13-7-8-14-25(24)32)17-20-9-3-5-11-22(20)29;/h3-14,19,27H,15-18H2,1-2H3;1H/q+1;/p-1. The molecule has 3 aromatic carbocycles. The zero-order chi connectivity index (χ0) is 23.4. The van der Waals surface area contributed by atoms with Gasteiger partial charge in [0.25, 0.3) is 5.91 Å². The van der Waals surface area contributed by atoms with Crippen molar-refractivity contribution < 1.29 is 26.3 Å². The number of aromatic nitrogens is 2. The maximum atomic E-state index is 13.7. The van der Waals surface area contributed by atoms with Crippen LogP contribution in [0, 0.1) is 0 Å². The zero-order valence-corrected chi connectivity index (χ0v) is 23.0. The summed E-state index contributed by atoms with van der Waals surface area (Å²) in [5.41, 5.74) is 5.98. The van der Waals surface area contributed by atoms with Crippen molar-refractivity contribution in [2.45, 2.75) is 38.0 Å². The number of carbonyl (C=O) groups is 1. The van der Waals surface area contributed by atoms with Crippen LogP contribution in [0.25, 0.3) is 11.0 Å². The third-order valence-electron chi connectivity index (χ3n) is 7.71. The first-order chi connectivity index (χ1) is 16.5. The van der Waals surface area contributed by atoms with E-state index in [1.807, 2.05) is 12.1 Å². The van der Waals surface area contributed by atoms with Gasteiger partial charge in [-0.05, 0) is 36.2 Å². The number of likely N-dealkylation sites (N-methyl/N-ethyl adjacent to an activating group) is 1. The molecule has 0 aliphatic carbocycles.